The maximum atomic E-state index is 9.00. The van der Waals surface area contributed by atoms with Crippen LogP contribution in [0.5, 0.6) is 0 Å². The Hall–Kier alpha value is -1.74. The first-order valence-corrected chi connectivity index (χ1v) is 6.76. The van der Waals surface area contributed by atoms with E-state index < -0.39 is 7.12 Å². The van der Waals surface area contributed by atoms with E-state index >= 15 is 0 Å². The van der Waals surface area contributed by atoms with Crippen LogP contribution in [0.1, 0.15) is 11.1 Å². The van der Waals surface area contributed by atoms with Crippen molar-refractivity contribution < 1.29 is 10.0 Å². The molecule has 0 saturated heterocycles. The van der Waals surface area contributed by atoms with Crippen LogP contribution in [-0.4, -0.2) is 17.2 Å². The molecule has 3 nitrogen and oxygen atoms in total. The van der Waals surface area contributed by atoms with Gasteiger partial charge in [0.2, 0.25) is 0 Å². The van der Waals surface area contributed by atoms with Gasteiger partial charge in [0, 0.05) is 10.6 Å². The van der Waals surface area contributed by atoms with Crippen LogP contribution < -0.4 is 5.46 Å². The van der Waals surface area contributed by atoms with Gasteiger partial charge in [0.1, 0.15) is 0 Å². The molecule has 0 saturated carbocycles. The Morgan fingerprint density at radius 2 is 1.74 bits per heavy atom. The molecule has 0 atom stereocenters. The minimum atomic E-state index is -1.43. The molecule has 2 aromatic carbocycles. The third kappa shape index (κ3) is 3.61. The summed E-state index contributed by atoms with van der Waals surface area (Å²) in [6, 6.07) is 16.7. The van der Waals surface area contributed by atoms with Gasteiger partial charge in [-0.1, -0.05) is 30.3 Å². The predicted molar refractivity (Wildman–Crippen MR) is 77.0 cm³/mol. The fraction of sp³-hybridized carbons (Fsp3) is 0.0714. The number of nitrogens with zero attached hydrogens (tertiary/aromatic N) is 1. The fourth-order valence-corrected chi connectivity index (χ4v) is 2.55. The lowest BCUT2D eigenvalue weighted by molar-refractivity contribution is 0.426. The van der Waals surface area contributed by atoms with Crippen LogP contribution in [0.15, 0.2) is 53.4 Å². The molecule has 0 aliphatic carbocycles. The van der Waals surface area contributed by atoms with Crippen molar-refractivity contribution in [3.05, 3.63) is 59.7 Å². The SMILES string of the molecule is N#Cc1ccccc1CSc1ccc(B(O)O)cc1. The highest BCUT2D eigenvalue weighted by Gasteiger charge is 2.10. The Morgan fingerprint density at radius 1 is 1.05 bits per heavy atom. The first kappa shape index (κ1) is 13.7. The molecule has 5 heteroatoms. The van der Waals surface area contributed by atoms with Gasteiger partial charge in [0.15, 0.2) is 0 Å². The largest absolute Gasteiger partial charge is 0.488 e. The Morgan fingerprint density at radius 3 is 2.37 bits per heavy atom. The molecule has 0 bridgehead atoms. The van der Waals surface area contributed by atoms with Crippen molar-refractivity contribution >= 4 is 24.3 Å². The molecule has 0 radical (unpaired) electrons. The molecule has 0 aliphatic rings. The average molecular weight is 269 g/mol. The van der Waals surface area contributed by atoms with Gasteiger partial charge >= 0.3 is 7.12 Å². The number of thioether (sulfide) groups is 1. The second kappa shape index (κ2) is 6.44. The summed E-state index contributed by atoms with van der Waals surface area (Å²) in [5.74, 6) is 0.713. The van der Waals surface area contributed by atoms with E-state index in [9.17, 15) is 0 Å². The van der Waals surface area contributed by atoms with Crippen molar-refractivity contribution in [1.82, 2.24) is 0 Å². The van der Waals surface area contributed by atoms with Crippen LogP contribution in [0.3, 0.4) is 0 Å². The van der Waals surface area contributed by atoms with Gasteiger partial charge in [0.25, 0.3) is 0 Å². The maximum absolute atomic E-state index is 9.00. The first-order chi connectivity index (χ1) is 9.20. The highest BCUT2D eigenvalue weighted by molar-refractivity contribution is 7.98. The lowest BCUT2D eigenvalue weighted by atomic mass is 9.81. The number of hydrogen-bond acceptors (Lipinski definition) is 4. The van der Waals surface area contributed by atoms with Crippen molar-refractivity contribution in [1.29, 1.82) is 5.26 Å². The third-order valence-corrected chi connectivity index (χ3v) is 3.77. The molecule has 19 heavy (non-hydrogen) atoms. The van der Waals surface area contributed by atoms with Gasteiger partial charge < -0.3 is 10.0 Å². The van der Waals surface area contributed by atoms with Crippen molar-refractivity contribution in [2.24, 2.45) is 0 Å². The van der Waals surface area contributed by atoms with Crippen molar-refractivity contribution in [2.45, 2.75) is 10.6 Å². The molecule has 94 valence electrons. The van der Waals surface area contributed by atoms with E-state index in [2.05, 4.69) is 6.07 Å². The van der Waals surface area contributed by atoms with E-state index in [-0.39, 0.29) is 0 Å². The van der Waals surface area contributed by atoms with Crippen LogP contribution in [-0.2, 0) is 5.75 Å². The van der Waals surface area contributed by atoms with Crippen LogP contribution in [0.4, 0.5) is 0 Å². The quantitative estimate of drug-likeness (QED) is 0.652. The number of benzene rings is 2. The lowest BCUT2D eigenvalue weighted by Gasteiger charge is -2.05. The molecule has 2 aromatic rings. The van der Waals surface area contributed by atoms with E-state index in [1.807, 2.05) is 30.3 Å². The van der Waals surface area contributed by atoms with Crippen molar-refractivity contribution in [2.75, 3.05) is 0 Å². The summed E-state index contributed by atoms with van der Waals surface area (Å²) >= 11 is 1.61. The summed E-state index contributed by atoms with van der Waals surface area (Å²) in [5, 5.41) is 27.0. The standard InChI is InChI=1S/C14H12BNO2S/c16-9-11-3-1-2-4-12(11)10-19-14-7-5-13(6-8-14)15(17)18/h1-8,17-18H,10H2. The summed E-state index contributed by atoms with van der Waals surface area (Å²) in [7, 11) is -1.43. The van der Waals surface area contributed by atoms with Crippen LogP contribution >= 0.6 is 11.8 Å². The van der Waals surface area contributed by atoms with Gasteiger partial charge in [-0.25, -0.2) is 0 Å². The molecular formula is C14H12BNO2S. The zero-order chi connectivity index (χ0) is 13.7. The Bertz CT molecular complexity index is 593. The normalized spacial score (nSPS) is 9.95. The molecule has 0 aliphatic heterocycles. The molecule has 0 unspecified atom stereocenters. The molecule has 0 heterocycles. The van der Waals surface area contributed by atoms with Crippen molar-refractivity contribution in [3.63, 3.8) is 0 Å². The summed E-state index contributed by atoms with van der Waals surface area (Å²) in [6.07, 6.45) is 0. The molecule has 0 aromatic heterocycles. The second-order valence-corrected chi connectivity index (χ2v) is 5.05. The summed E-state index contributed by atoms with van der Waals surface area (Å²) < 4.78 is 0. The van der Waals surface area contributed by atoms with Crippen LogP contribution in [0, 0.1) is 11.3 Å². The number of rotatable bonds is 4. The van der Waals surface area contributed by atoms with E-state index in [0.717, 1.165) is 10.5 Å². The van der Waals surface area contributed by atoms with E-state index in [1.165, 1.54) is 0 Å². The number of hydrogen-bond donors (Lipinski definition) is 2. The zero-order valence-electron chi connectivity index (χ0n) is 10.2. The molecular weight excluding hydrogens is 257 g/mol. The van der Waals surface area contributed by atoms with Gasteiger partial charge in [-0.3, -0.25) is 0 Å². The number of nitriles is 1. The topological polar surface area (TPSA) is 64.2 Å². The highest BCUT2D eigenvalue weighted by atomic mass is 32.2. The third-order valence-electron chi connectivity index (χ3n) is 2.71. The Kier molecular flexibility index (Phi) is 4.64. The molecule has 0 amide bonds. The van der Waals surface area contributed by atoms with Gasteiger partial charge in [-0.05, 0) is 29.2 Å². The lowest BCUT2D eigenvalue weighted by Crippen LogP contribution is -2.29. The highest BCUT2D eigenvalue weighted by Crippen LogP contribution is 2.23. The zero-order valence-corrected chi connectivity index (χ0v) is 11.0. The monoisotopic (exact) mass is 269 g/mol. The van der Waals surface area contributed by atoms with E-state index in [0.29, 0.717) is 16.8 Å². The van der Waals surface area contributed by atoms with Crippen LogP contribution in [0.25, 0.3) is 0 Å². The Balaban J connectivity index is 2.04. The molecule has 2 rings (SSSR count). The predicted octanol–water partition coefficient (Wildman–Crippen LogP) is 1.53. The summed E-state index contributed by atoms with van der Waals surface area (Å²) in [5.41, 5.74) is 2.17. The fourth-order valence-electron chi connectivity index (χ4n) is 1.65. The Labute approximate surface area is 116 Å². The van der Waals surface area contributed by atoms with E-state index in [1.54, 1.807) is 30.0 Å². The summed E-state index contributed by atoms with van der Waals surface area (Å²) in [4.78, 5) is 1.03. The molecule has 2 N–H and O–H groups in total. The van der Waals surface area contributed by atoms with Crippen LogP contribution in [0.2, 0.25) is 0 Å². The smallest absolute Gasteiger partial charge is 0.423 e. The maximum Gasteiger partial charge on any atom is 0.488 e. The van der Waals surface area contributed by atoms with Gasteiger partial charge in [-0.2, -0.15) is 5.26 Å². The van der Waals surface area contributed by atoms with Gasteiger partial charge in [-0.15, -0.1) is 11.8 Å². The second-order valence-electron chi connectivity index (χ2n) is 4.00. The minimum absolute atomic E-state index is 0.474. The van der Waals surface area contributed by atoms with E-state index in [4.69, 9.17) is 15.3 Å². The molecule has 0 spiro atoms. The average Bonchev–Trinajstić information content (AvgIpc) is 2.45. The first-order valence-electron chi connectivity index (χ1n) is 5.77. The minimum Gasteiger partial charge on any atom is -0.423 e. The van der Waals surface area contributed by atoms with Gasteiger partial charge in [0.05, 0.1) is 11.6 Å². The summed E-state index contributed by atoms with van der Waals surface area (Å²) in [6.45, 7) is 0. The molecule has 0 fully saturated rings. The van der Waals surface area contributed by atoms with Crippen molar-refractivity contribution in [3.8, 4) is 6.07 Å².